The summed E-state index contributed by atoms with van der Waals surface area (Å²) in [5.74, 6) is 0.319. The number of nitrogens with one attached hydrogen (secondary N) is 1. The van der Waals surface area contributed by atoms with E-state index >= 15 is 0 Å². The molecule has 11 heteroatoms. The van der Waals surface area contributed by atoms with Gasteiger partial charge in [-0.1, -0.05) is 16.8 Å². The summed E-state index contributed by atoms with van der Waals surface area (Å²) in [6.45, 7) is 0.781. The van der Waals surface area contributed by atoms with Crippen LogP contribution in [0.3, 0.4) is 0 Å². The fourth-order valence-electron chi connectivity index (χ4n) is 1.82. The van der Waals surface area contributed by atoms with Crippen LogP contribution in [0.4, 0.5) is 10.1 Å². The van der Waals surface area contributed by atoms with E-state index < -0.39 is 5.82 Å². The molecular formula is C14H15ClFN5O2S2. The second-order valence-corrected chi connectivity index (χ2v) is 6.56. The molecule has 1 N–H and O–H groups in total. The molecule has 0 saturated heterocycles. The van der Waals surface area contributed by atoms with Crippen LogP contribution in [0.5, 0.6) is 0 Å². The Labute approximate surface area is 157 Å². The van der Waals surface area contributed by atoms with Crippen molar-refractivity contribution < 1.29 is 14.0 Å². The SMILES string of the molecule is CNCCSc1nsnc1/C(=N/OC)N(C=O)c1ccc(F)c(Cl)c1. The Morgan fingerprint density at radius 2 is 2.36 bits per heavy atom. The molecule has 1 amide bonds. The van der Waals surface area contributed by atoms with Crippen molar-refractivity contribution in [3.63, 3.8) is 0 Å². The number of rotatable bonds is 8. The van der Waals surface area contributed by atoms with Crippen molar-refractivity contribution in [3.8, 4) is 0 Å². The van der Waals surface area contributed by atoms with Crippen molar-refractivity contribution in [3.05, 3.63) is 34.7 Å². The third kappa shape index (κ3) is 4.88. The van der Waals surface area contributed by atoms with Gasteiger partial charge in [0.1, 0.15) is 18.0 Å². The molecule has 0 aliphatic carbocycles. The van der Waals surface area contributed by atoms with Gasteiger partial charge in [-0.25, -0.2) is 4.39 Å². The minimum absolute atomic E-state index is 0.110. The van der Waals surface area contributed by atoms with Gasteiger partial charge in [0, 0.05) is 12.3 Å². The highest BCUT2D eigenvalue weighted by atomic mass is 35.5. The first-order chi connectivity index (χ1) is 12.1. The van der Waals surface area contributed by atoms with Gasteiger partial charge >= 0.3 is 0 Å². The number of oxime groups is 1. The van der Waals surface area contributed by atoms with E-state index in [1.807, 2.05) is 7.05 Å². The fraction of sp³-hybridized carbons (Fsp3) is 0.286. The number of hydrogen-bond acceptors (Lipinski definition) is 8. The summed E-state index contributed by atoms with van der Waals surface area (Å²) >= 11 is 8.28. The largest absolute Gasteiger partial charge is 0.397 e. The van der Waals surface area contributed by atoms with E-state index in [1.54, 1.807) is 0 Å². The summed E-state index contributed by atoms with van der Waals surface area (Å²) in [5.41, 5.74) is 0.733. The molecule has 0 spiro atoms. The maximum absolute atomic E-state index is 13.4. The first-order valence-corrected chi connectivity index (χ1v) is 9.12. The van der Waals surface area contributed by atoms with E-state index in [9.17, 15) is 9.18 Å². The summed E-state index contributed by atoms with van der Waals surface area (Å²) in [5, 5.41) is 7.45. The zero-order valence-corrected chi connectivity index (χ0v) is 15.8. The number of nitrogens with zero attached hydrogens (tertiary/aromatic N) is 4. The number of hydrogen-bond donors (Lipinski definition) is 1. The normalized spacial score (nSPS) is 11.4. The third-order valence-corrected chi connectivity index (χ3v) is 4.85. The molecule has 0 saturated carbocycles. The van der Waals surface area contributed by atoms with Crippen LogP contribution in [-0.4, -0.2) is 47.4 Å². The average Bonchev–Trinajstić information content (AvgIpc) is 3.06. The van der Waals surface area contributed by atoms with E-state index in [-0.39, 0.29) is 10.9 Å². The molecule has 25 heavy (non-hydrogen) atoms. The Balaban J connectivity index is 2.39. The van der Waals surface area contributed by atoms with Crippen molar-refractivity contribution in [2.24, 2.45) is 5.16 Å². The summed E-state index contributed by atoms with van der Waals surface area (Å²) in [6.07, 6.45) is 0.531. The standard InChI is InChI=1S/C14H15ClFN5O2S2/c1-17-5-6-24-14-12(19-25-20-14)13(18-23-2)21(8-22)9-3-4-11(16)10(15)7-9/h3-4,7-8,17H,5-6H2,1-2H3/b18-13-. The van der Waals surface area contributed by atoms with E-state index in [1.165, 1.54) is 42.0 Å². The van der Waals surface area contributed by atoms with E-state index in [4.69, 9.17) is 16.4 Å². The quantitative estimate of drug-likeness (QED) is 0.182. The molecule has 134 valence electrons. The lowest BCUT2D eigenvalue weighted by Crippen LogP contribution is -2.31. The van der Waals surface area contributed by atoms with Gasteiger partial charge in [-0.3, -0.25) is 9.69 Å². The highest BCUT2D eigenvalue weighted by Crippen LogP contribution is 2.26. The minimum Gasteiger partial charge on any atom is -0.397 e. The topological polar surface area (TPSA) is 79.7 Å². The summed E-state index contributed by atoms with van der Waals surface area (Å²) in [4.78, 5) is 17.7. The Kier molecular flexibility index (Phi) is 7.56. The fourth-order valence-corrected chi connectivity index (χ4v) is 3.59. The van der Waals surface area contributed by atoms with Gasteiger partial charge in [0.05, 0.1) is 22.4 Å². The molecule has 2 aromatic rings. The van der Waals surface area contributed by atoms with Crippen molar-refractivity contribution in [2.75, 3.05) is 31.4 Å². The first kappa shape index (κ1) is 19.6. The number of halogens is 2. The molecule has 1 aromatic carbocycles. The zero-order chi connectivity index (χ0) is 18.2. The Hall–Kier alpha value is -1.75. The van der Waals surface area contributed by atoms with Crippen molar-refractivity contribution in [2.45, 2.75) is 5.03 Å². The zero-order valence-electron chi connectivity index (χ0n) is 13.4. The number of benzene rings is 1. The van der Waals surface area contributed by atoms with Crippen LogP contribution >= 0.6 is 35.1 Å². The predicted octanol–water partition coefficient (Wildman–Crippen LogP) is 2.61. The van der Waals surface area contributed by atoms with Gasteiger partial charge in [0.25, 0.3) is 0 Å². The van der Waals surface area contributed by atoms with Gasteiger partial charge in [-0.15, -0.1) is 11.8 Å². The summed E-state index contributed by atoms with van der Waals surface area (Å²) < 4.78 is 21.9. The molecule has 2 rings (SSSR count). The minimum atomic E-state index is -0.583. The third-order valence-electron chi connectivity index (χ3n) is 2.95. The molecule has 0 fully saturated rings. The van der Waals surface area contributed by atoms with Gasteiger partial charge in [0.15, 0.2) is 5.69 Å². The molecular weight excluding hydrogens is 389 g/mol. The van der Waals surface area contributed by atoms with Crippen molar-refractivity contribution in [1.82, 2.24) is 14.1 Å². The van der Waals surface area contributed by atoms with Gasteiger partial charge in [0.2, 0.25) is 12.2 Å². The smallest absolute Gasteiger partial charge is 0.220 e. The maximum Gasteiger partial charge on any atom is 0.220 e. The molecule has 0 atom stereocenters. The average molecular weight is 404 g/mol. The number of carbonyl (C=O) groups is 1. The van der Waals surface area contributed by atoms with Crippen molar-refractivity contribution >= 4 is 53.0 Å². The highest BCUT2D eigenvalue weighted by molar-refractivity contribution is 7.99. The van der Waals surface area contributed by atoms with Gasteiger partial charge in [-0.05, 0) is 25.2 Å². The molecule has 0 unspecified atom stereocenters. The highest BCUT2D eigenvalue weighted by Gasteiger charge is 2.24. The van der Waals surface area contributed by atoms with Crippen LogP contribution in [0.2, 0.25) is 5.02 Å². The Bertz CT molecular complexity index is 759. The molecule has 1 heterocycles. The molecule has 0 aliphatic heterocycles. The second kappa shape index (κ2) is 9.66. The number of anilines is 1. The van der Waals surface area contributed by atoms with Crippen LogP contribution in [-0.2, 0) is 9.63 Å². The van der Waals surface area contributed by atoms with Gasteiger partial charge in [-0.2, -0.15) is 8.75 Å². The number of amidine groups is 1. The lowest BCUT2D eigenvalue weighted by molar-refractivity contribution is -0.106. The van der Waals surface area contributed by atoms with E-state index in [0.717, 1.165) is 24.0 Å². The maximum atomic E-state index is 13.4. The number of aromatic nitrogens is 2. The van der Waals surface area contributed by atoms with Gasteiger partial charge < -0.3 is 10.2 Å². The monoisotopic (exact) mass is 403 g/mol. The summed E-state index contributed by atoms with van der Waals surface area (Å²) in [7, 11) is 3.21. The van der Waals surface area contributed by atoms with Crippen LogP contribution in [0, 0.1) is 5.82 Å². The molecule has 1 aromatic heterocycles. The van der Waals surface area contributed by atoms with Crippen LogP contribution in [0.15, 0.2) is 28.4 Å². The number of thioether (sulfide) groups is 1. The number of amides is 1. The first-order valence-electron chi connectivity index (χ1n) is 7.03. The predicted molar refractivity (Wildman–Crippen MR) is 98.1 cm³/mol. The molecule has 7 nitrogen and oxygen atoms in total. The Morgan fingerprint density at radius 1 is 1.56 bits per heavy atom. The second-order valence-electron chi connectivity index (χ2n) is 4.54. The van der Waals surface area contributed by atoms with E-state index in [0.29, 0.717) is 22.8 Å². The van der Waals surface area contributed by atoms with Crippen LogP contribution in [0.25, 0.3) is 0 Å². The lowest BCUT2D eigenvalue weighted by Gasteiger charge is -2.18. The van der Waals surface area contributed by atoms with E-state index in [2.05, 4.69) is 19.2 Å². The molecule has 0 aliphatic rings. The lowest BCUT2D eigenvalue weighted by atomic mass is 10.2. The van der Waals surface area contributed by atoms with Crippen LogP contribution in [0.1, 0.15) is 5.69 Å². The van der Waals surface area contributed by atoms with Crippen LogP contribution < -0.4 is 10.2 Å². The summed E-state index contributed by atoms with van der Waals surface area (Å²) in [6, 6.07) is 3.90. The number of carbonyl (C=O) groups excluding carboxylic acids is 1. The molecule has 0 radical (unpaired) electrons. The Morgan fingerprint density at radius 3 is 3.00 bits per heavy atom. The molecule has 0 bridgehead atoms. The van der Waals surface area contributed by atoms with Crippen molar-refractivity contribution in [1.29, 1.82) is 0 Å².